The Morgan fingerprint density at radius 3 is 2.55 bits per heavy atom. The highest BCUT2D eigenvalue weighted by Crippen LogP contribution is 2.37. The molecule has 0 spiro atoms. The molecule has 2 fully saturated rings. The summed E-state index contributed by atoms with van der Waals surface area (Å²) in [5.41, 5.74) is 2.35. The van der Waals surface area contributed by atoms with Gasteiger partial charge < -0.3 is 20.0 Å². The maximum absolute atomic E-state index is 11.8. The van der Waals surface area contributed by atoms with E-state index in [1.807, 2.05) is 35.8 Å². The summed E-state index contributed by atoms with van der Waals surface area (Å²) in [6, 6.07) is 8.28. The minimum absolute atomic E-state index is 0.222. The van der Waals surface area contributed by atoms with Crippen LogP contribution in [0.4, 0.5) is 17.5 Å². The molecule has 31 heavy (non-hydrogen) atoms. The zero-order valence-corrected chi connectivity index (χ0v) is 19.3. The lowest BCUT2D eigenvalue weighted by atomic mass is 10.1. The number of likely N-dealkylation sites (N-methyl/N-ethyl adjacent to an activating group) is 1. The first kappa shape index (κ1) is 20.7. The van der Waals surface area contributed by atoms with E-state index in [1.54, 1.807) is 0 Å². The number of benzene rings is 1. The molecule has 4 heterocycles. The summed E-state index contributed by atoms with van der Waals surface area (Å²) in [7, 11) is 1.88. The fraction of sp³-hybridized carbons (Fsp3) is 0.500. The predicted octanol–water partition coefficient (Wildman–Crippen LogP) is 3.14. The lowest BCUT2D eigenvalue weighted by Gasteiger charge is -2.36. The van der Waals surface area contributed by atoms with Crippen LogP contribution in [0.5, 0.6) is 0 Å². The summed E-state index contributed by atoms with van der Waals surface area (Å²) < 4.78 is 0. The summed E-state index contributed by atoms with van der Waals surface area (Å²) in [6.45, 7) is 4.34. The van der Waals surface area contributed by atoms with E-state index in [9.17, 15) is 4.79 Å². The molecule has 1 atom stereocenters. The summed E-state index contributed by atoms with van der Waals surface area (Å²) in [4.78, 5) is 29.4. The van der Waals surface area contributed by atoms with Crippen LogP contribution in [0.3, 0.4) is 0 Å². The molecule has 5 rings (SSSR count). The Morgan fingerprint density at radius 2 is 1.81 bits per heavy atom. The molecular weight excluding hydrogens is 432 g/mol. The van der Waals surface area contributed by atoms with Gasteiger partial charge in [-0.1, -0.05) is 11.6 Å². The van der Waals surface area contributed by atoms with E-state index in [-0.39, 0.29) is 11.9 Å². The van der Waals surface area contributed by atoms with Crippen molar-refractivity contribution in [1.82, 2.24) is 14.9 Å². The van der Waals surface area contributed by atoms with Crippen LogP contribution in [-0.2, 0) is 11.2 Å². The number of carbonyl (C=O) groups excluding carboxylic acids is 1. The topological polar surface area (TPSA) is 64.6 Å². The zero-order chi connectivity index (χ0) is 21.4. The van der Waals surface area contributed by atoms with Gasteiger partial charge in [0.15, 0.2) is 0 Å². The van der Waals surface area contributed by atoms with E-state index in [0.717, 1.165) is 73.8 Å². The Labute approximate surface area is 192 Å². The molecular formula is C22H27ClN6OS. The van der Waals surface area contributed by atoms with Crippen molar-refractivity contribution in [3.8, 4) is 0 Å². The Kier molecular flexibility index (Phi) is 5.84. The van der Waals surface area contributed by atoms with Crippen molar-refractivity contribution in [1.29, 1.82) is 0 Å². The third kappa shape index (κ3) is 4.41. The van der Waals surface area contributed by atoms with Gasteiger partial charge >= 0.3 is 0 Å². The maximum atomic E-state index is 11.8. The van der Waals surface area contributed by atoms with Crippen molar-refractivity contribution in [2.75, 3.05) is 60.6 Å². The molecule has 2 saturated heterocycles. The fourth-order valence-corrected chi connectivity index (χ4v) is 5.62. The number of likely N-dealkylation sites (tertiary alicyclic amines) is 1. The molecule has 164 valence electrons. The summed E-state index contributed by atoms with van der Waals surface area (Å²) >= 11 is 7.86. The first-order valence-corrected chi connectivity index (χ1v) is 12.2. The number of anilines is 3. The van der Waals surface area contributed by atoms with E-state index in [4.69, 9.17) is 21.6 Å². The van der Waals surface area contributed by atoms with Gasteiger partial charge in [0.25, 0.3) is 0 Å². The van der Waals surface area contributed by atoms with Crippen molar-refractivity contribution >= 4 is 46.7 Å². The third-order valence-electron chi connectivity index (χ3n) is 6.23. The Morgan fingerprint density at radius 1 is 1.06 bits per heavy atom. The standard InChI is InChI=1S/C22H27ClN6OS/c1-27-14-16(4-7-19(27)30)24-21-20-18(8-13-31-20)25-22(26-21)29-11-9-28(10-12-29)17-5-2-15(23)3-6-17/h2-3,5-6,16H,4,7-14H2,1H3,(H,24,25,26)/t16-/m0/s1. The Balaban J connectivity index is 1.30. The normalized spacial score (nSPS) is 21.4. The van der Waals surface area contributed by atoms with Crippen molar-refractivity contribution in [3.05, 3.63) is 35.0 Å². The first-order valence-electron chi connectivity index (χ1n) is 10.9. The van der Waals surface area contributed by atoms with Crippen LogP contribution < -0.4 is 15.1 Å². The summed E-state index contributed by atoms with van der Waals surface area (Å²) in [5.74, 6) is 3.03. The largest absolute Gasteiger partial charge is 0.368 e. The van der Waals surface area contributed by atoms with Gasteiger partial charge in [0.1, 0.15) is 5.82 Å². The van der Waals surface area contributed by atoms with E-state index in [1.165, 1.54) is 10.6 Å². The number of halogens is 1. The van der Waals surface area contributed by atoms with Gasteiger partial charge in [-0.25, -0.2) is 4.98 Å². The molecule has 3 aliphatic rings. The number of piperidine rings is 1. The number of amides is 1. The second kappa shape index (κ2) is 8.74. The molecule has 0 radical (unpaired) electrons. The average Bonchev–Trinajstić information content (AvgIpc) is 3.26. The third-order valence-corrected chi connectivity index (χ3v) is 7.61. The fourth-order valence-electron chi connectivity index (χ4n) is 4.43. The lowest BCUT2D eigenvalue weighted by molar-refractivity contribution is -0.132. The van der Waals surface area contributed by atoms with E-state index >= 15 is 0 Å². The van der Waals surface area contributed by atoms with Gasteiger partial charge in [0.05, 0.1) is 10.6 Å². The van der Waals surface area contributed by atoms with E-state index < -0.39 is 0 Å². The van der Waals surface area contributed by atoms with Crippen molar-refractivity contribution < 1.29 is 4.79 Å². The molecule has 1 amide bonds. The first-order chi connectivity index (χ1) is 15.1. The quantitative estimate of drug-likeness (QED) is 0.755. The molecule has 7 nitrogen and oxygen atoms in total. The number of rotatable bonds is 4. The Hall–Kier alpha value is -2.19. The number of piperazine rings is 1. The lowest BCUT2D eigenvalue weighted by Crippen LogP contribution is -2.47. The number of hydrogen-bond donors (Lipinski definition) is 1. The van der Waals surface area contributed by atoms with Crippen LogP contribution in [0.2, 0.25) is 5.02 Å². The number of aryl methyl sites for hydroxylation is 1. The van der Waals surface area contributed by atoms with Crippen LogP contribution in [0.15, 0.2) is 29.2 Å². The number of aromatic nitrogens is 2. The van der Waals surface area contributed by atoms with Crippen LogP contribution in [-0.4, -0.2) is 72.3 Å². The van der Waals surface area contributed by atoms with Crippen molar-refractivity contribution in [2.45, 2.75) is 30.2 Å². The number of nitrogens with zero attached hydrogens (tertiary/aromatic N) is 5. The van der Waals surface area contributed by atoms with Crippen LogP contribution in [0.25, 0.3) is 0 Å². The van der Waals surface area contributed by atoms with Gasteiger partial charge in [0.2, 0.25) is 11.9 Å². The highest BCUT2D eigenvalue weighted by Gasteiger charge is 2.28. The predicted molar refractivity (Wildman–Crippen MR) is 127 cm³/mol. The maximum Gasteiger partial charge on any atom is 0.227 e. The molecule has 9 heteroatoms. The minimum Gasteiger partial charge on any atom is -0.368 e. The van der Waals surface area contributed by atoms with Gasteiger partial charge in [-0.3, -0.25) is 4.79 Å². The molecule has 1 aromatic carbocycles. The monoisotopic (exact) mass is 458 g/mol. The minimum atomic E-state index is 0.222. The second-order valence-corrected chi connectivity index (χ2v) is 9.89. The van der Waals surface area contributed by atoms with Crippen LogP contribution in [0, 0.1) is 0 Å². The van der Waals surface area contributed by atoms with Crippen molar-refractivity contribution in [3.63, 3.8) is 0 Å². The van der Waals surface area contributed by atoms with Crippen LogP contribution >= 0.6 is 23.4 Å². The van der Waals surface area contributed by atoms with Gasteiger partial charge in [-0.05, 0) is 30.7 Å². The molecule has 0 unspecified atom stereocenters. The molecule has 3 aliphatic heterocycles. The van der Waals surface area contributed by atoms with E-state index in [2.05, 4.69) is 27.2 Å². The molecule has 2 aromatic rings. The highest BCUT2D eigenvalue weighted by molar-refractivity contribution is 7.99. The van der Waals surface area contributed by atoms with Gasteiger partial charge in [-0.2, -0.15) is 4.98 Å². The number of nitrogens with one attached hydrogen (secondary N) is 1. The molecule has 1 aromatic heterocycles. The summed E-state index contributed by atoms with van der Waals surface area (Å²) in [6.07, 6.45) is 2.42. The van der Waals surface area contributed by atoms with Gasteiger partial charge in [-0.15, -0.1) is 11.8 Å². The zero-order valence-electron chi connectivity index (χ0n) is 17.7. The Bertz CT molecular complexity index is 963. The average molecular weight is 459 g/mol. The molecule has 0 saturated carbocycles. The summed E-state index contributed by atoms with van der Waals surface area (Å²) in [5, 5.41) is 4.40. The number of hydrogen-bond acceptors (Lipinski definition) is 7. The number of thioether (sulfide) groups is 1. The molecule has 0 aliphatic carbocycles. The van der Waals surface area contributed by atoms with Gasteiger partial charge in [0, 0.05) is 75.1 Å². The molecule has 0 bridgehead atoms. The van der Waals surface area contributed by atoms with E-state index in [0.29, 0.717) is 6.42 Å². The number of fused-ring (bicyclic) bond motifs is 1. The van der Waals surface area contributed by atoms with Crippen molar-refractivity contribution in [2.24, 2.45) is 0 Å². The highest BCUT2D eigenvalue weighted by atomic mass is 35.5. The van der Waals surface area contributed by atoms with Crippen LogP contribution in [0.1, 0.15) is 18.5 Å². The number of carbonyl (C=O) groups is 1. The molecule has 1 N–H and O–H groups in total. The second-order valence-electron chi connectivity index (χ2n) is 8.35. The smallest absolute Gasteiger partial charge is 0.227 e. The SMILES string of the molecule is CN1C[C@@H](Nc2nc(N3CCN(c4ccc(Cl)cc4)CC3)nc3c2SCC3)CCC1=O.